The fourth-order valence-electron chi connectivity index (χ4n) is 1.82. The maximum Gasteiger partial charge on any atom is 0.123 e. The third kappa shape index (κ3) is 3.63. The van der Waals surface area contributed by atoms with Crippen molar-refractivity contribution in [2.45, 2.75) is 26.7 Å². The van der Waals surface area contributed by atoms with E-state index in [1.54, 1.807) is 6.07 Å². The summed E-state index contributed by atoms with van der Waals surface area (Å²) < 4.78 is 13.1. The van der Waals surface area contributed by atoms with E-state index in [9.17, 15) is 4.39 Å². The summed E-state index contributed by atoms with van der Waals surface area (Å²) in [5.74, 6) is 0.463. The molecule has 0 aromatic heterocycles. The molecule has 0 bridgehead atoms. The Kier molecular flexibility index (Phi) is 4.76. The van der Waals surface area contributed by atoms with E-state index < -0.39 is 0 Å². The van der Waals surface area contributed by atoms with Crippen molar-refractivity contribution in [2.75, 3.05) is 13.6 Å². The van der Waals surface area contributed by atoms with Gasteiger partial charge >= 0.3 is 0 Å². The molecule has 15 heavy (non-hydrogen) atoms. The highest BCUT2D eigenvalue weighted by Crippen LogP contribution is 2.16. The van der Waals surface area contributed by atoms with Crippen LogP contribution in [0.2, 0.25) is 0 Å². The van der Waals surface area contributed by atoms with Crippen LogP contribution in [0.1, 0.15) is 24.5 Å². The van der Waals surface area contributed by atoms with Crippen LogP contribution in [-0.2, 0) is 6.42 Å². The summed E-state index contributed by atoms with van der Waals surface area (Å²) >= 11 is 0. The molecule has 0 heterocycles. The molecule has 0 aliphatic heterocycles. The van der Waals surface area contributed by atoms with Crippen LogP contribution < -0.4 is 5.32 Å². The first-order valence-electron chi connectivity index (χ1n) is 5.57. The Hall–Kier alpha value is -0.890. The molecule has 0 radical (unpaired) electrons. The SMILES string of the molecule is CCC(CNC)Cc1cc(F)ccc1C. The van der Waals surface area contributed by atoms with Gasteiger partial charge in [-0.15, -0.1) is 0 Å². The van der Waals surface area contributed by atoms with Gasteiger partial charge in [-0.2, -0.15) is 0 Å². The van der Waals surface area contributed by atoms with Crippen LogP contribution in [0.15, 0.2) is 18.2 Å². The molecule has 1 rings (SSSR count). The Morgan fingerprint density at radius 3 is 2.73 bits per heavy atom. The Labute approximate surface area is 91.7 Å². The molecule has 1 atom stereocenters. The summed E-state index contributed by atoms with van der Waals surface area (Å²) in [5, 5.41) is 3.18. The van der Waals surface area contributed by atoms with Gasteiger partial charge in [0, 0.05) is 0 Å². The average molecular weight is 209 g/mol. The van der Waals surface area contributed by atoms with Crippen molar-refractivity contribution in [1.82, 2.24) is 5.32 Å². The Balaban J connectivity index is 2.73. The second kappa shape index (κ2) is 5.86. The molecule has 2 heteroatoms. The maximum atomic E-state index is 13.1. The molecular weight excluding hydrogens is 189 g/mol. The molecule has 1 unspecified atom stereocenters. The number of nitrogens with one attached hydrogen (secondary N) is 1. The fourth-order valence-corrected chi connectivity index (χ4v) is 1.82. The van der Waals surface area contributed by atoms with Gasteiger partial charge in [0.1, 0.15) is 5.82 Å². The second-order valence-corrected chi connectivity index (χ2v) is 4.11. The maximum absolute atomic E-state index is 13.1. The first-order valence-corrected chi connectivity index (χ1v) is 5.57. The molecule has 0 aliphatic rings. The van der Waals surface area contributed by atoms with Crippen LogP contribution in [0.5, 0.6) is 0 Å². The summed E-state index contributed by atoms with van der Waals surface area (Å²) in [7, 11) is 1.96. The van der Waals surface area contributed by atoms with Gasteiger partial charge in [-0.05, 0) is 56.1 Å². The van der Waals surface area contributed by atoms with Crippen molar-refractivity contribution in [1.29, 1.82) is 0 Å². The molecule has 1 aromatic rings. The second-order valence-electron chi connectivity index (χ2n) is 4.11. The molecule has 1 aromatic carbocycles. The van der Waals surface area contributed by atoms with E-state index in [0.717, 1.165) is 24.9 Å². The number of rotatable bonds is 5. The molecule has 1 nitrogen and oxygen atoms in total. The highest BCUT2D eigenvalue weighted by Gasteiger charge is 2.08. The Morgan fingerprint density at radius 2 is 2.13 bits per heavy atom. The summed E-state index contributed by atoms with van der Waals surface area (Å²) in [6.07, 6.45) is 2.08. The van der Waals surface area contributed by atoms with Crippen LogP contribution in [-0.4, -0.2) is 13.6 Å². The Bertz CT molecular complexity index is 309. The minimum Gasteiger partial charge on any atom is -0.319 e. The van der Waals surface area contributed by atoms with Gasteiger partial charge in [-0.25, -0.2) is 4.39 Å². The first kappa shape index (κ1) is 12.2. The van der Waals surface area contributed by atoms with Crippen molar-refractivity contribution < 1.29 is 4.39 Å². The largest absolute Gasteiger partial charge is 0.319 e. The number of hydrogen-bond acceptors (Lipinski definition) is 1. The molecule has 1 N–H and O–H groups in total. The summed E-state index contributed by atoms with van der Waals surface area (Å²) in [5.41, 5.74) is 2.32. The predicted molar refractivity (Wildman–Crippen MR) is 62.5 cm³/mol. The topological polar surface area (TPSA) is 12.0 Å². The third-order valence-electron chi connectivity index (χ3n) is 2.89. The monoisotopic (exact) mass is 209 g/mol. The normalized spacial score (nSPS) is 12.8. The third-order valence-corrected chi connectivity index (χ3v) is 2.89. The average Bonchev–Trinajstić information content (AvgIpc) is 2.22. The van der Waals surface area contributed by atoms with Crippen LogP contribution in [0.25, 0.3) is 0 Å². The fraction of sp³-hybridized carbons (Fsp3) is 0.538. The minimum absolute atomic E-state index is 0.130. The van der Waals surface area contributed by atoms with E-state index >= 15 is 0 Å². The number of benzene rings is 1. The number of halogens is 1. The van der Waals surface area contributed by atoms with Crippen molar-refractivity contribution in [3.05, 3.63) is 35.1 Å². The van der Waals surface area contributed by atoms with Crippen molar-refractivity contribution in [3.8, 4) is 0 Å². The molecule has 0 saturated carbocycles. The van der Waals surface area contributed by atoms with Crippen LogP contribution in [0.3, 0.4) is 0 Å². The highest BCUT2D eigenvalue weighted by molar-refractivity contribution is 5.26. The zero-order chi connectivity index (χ0) is 11.3. The summed E-state index contributed by atoms with van der Waals surface area (Å²) in [4.78, 5) is 0. The minimum atomic E-state index is -0.130. The lowest BCUT2D eigenvalue weighted by atomic mass is 9.94. The number of hydrogen-bond donors (Lipinski definition) is 1. The van der Waals surface area contributed by atoms with Gasteiger partial charge in [-0.3, -0.25) is 0 Å². The summed E-state index contributed by atoms with van der Waals surface area (Å²) in [6.45, 7) is 5.21. The zero-order valence-electron chi connectivity index (χ0n) is 9.81. The zero-order valence-corrected chi connectivity index (χ0v) is 9.81. The lowest BCUT2D eigenvalue weighted by Crippen LogP contribution is -2.20. The van der Waals surface area contributed by atoms with Gasteiger partial charge in [-0.1, -0.05) is 19.4 Å². The van der Waals surface area contributed by atoms with E-state index in [1.807, 2.05) is 20.0 Å². The predicted octanol–water partition coefficient (Wildman–Crippen LogP) is 2.92. The Morgan fingerprint density at radius 1 is 1.40 bits per heavy atom. The molecule has 0 amide bonds. The van der Waals surface area contributed by atoms with Gasteiger partial charge in [0.05, 0.1) is 0 Å². The highest BCUT2D eigenvalue weighted by atomic mass is 19.1. The molecule has 0 aliphatic carbocycles. The lowest BCUT2D eigenvalue weighted by molar-refractivity contribution is 0.479. The first-order chi connectivity index (χ1) is 7.17. The molecule has 0 spiro atoms. The van der Waals surface area contributed by atoms with Crippen LogP contribution in [0, 0.1) is 18.7 Å². The van der Waals surface area contributed by atoms with E-state index in [4.69, 9.17) is 0 Å². The van der Waals surface area contributed by atoms with Gasteiger partial charge in [0.15, 0.2) is 0 Å². The molecule has 0 saturated heterocycles. The van der Waals surface area contributed by atoms with Crippen LogP contribution >= 0.6 is 0 Å². The smallest absolute Gasteiger partial charge is 0.123 e. The molecule has 0 fully saturated rings. The van der Waals surface area contributed by atoms with E-state index in [0.29, 0.717) is 5.92 Å². The van der Waals surface area contributed by atoms with Crippen molar-refractivity contribution in [3.63, 3.8) is 0 Å². The van der Waals surface area contributed by atoms with Gasteiger partial charge in [0.2, 0.25) is 0 Å². The molecular formula is C13H20FN. The van der Waals surface area contributed by atoms with E-state index in [1.165, 1.54) is 11.6 Å². The molecule has 84 valence electrons. The quantitative estimate of drug-likeness (QED) is 0.786. The van der Waals surface area contributed by atoms with Crippen LogP contribution in [0.4, 0.5) is 4.39 Å². The number of aryl methyl sites for hydroxylation is 1. The van der Waals surface area contributed by atoms with Gasteiger partial charge in [0.25, 0.3) is 0 Å². The van der Waals surface area contributed by atoms with E-state index in [-0.39, 0.29) is 5.82 Å². The van der Waals surface area contributed by atoms with Crippen molar-refractivity contribution >= 4 is 0 Å². The van der Waals surface area contributed by atoms with Crippen molar-refractivity contribution in [2.24, 2.45) is 5.92 Å². The van der Waals surface area contributed by atoms with Gasteiger partial charge < -0.3 is 5.32 Å². The van der Waals surface area contributed by atoms with E-state index in [2.05, 4.69) is 12.2 Å². The lowest BCUT2D eigenvalue weighted by Gasteiger charge is -2.15. The standard InChI is InChI=1S/C13H20FN/c1-4-11(9-15-3)7-12-8-13(14)6-5-10(12)2/h5-6,8,11,15H,4,7,9H2,1-3H3. The summed E-state index contributed by atoms with van der Waals surface area (Å²) in [6, 6.07) is 5.04.